The minimum absolute atomic E-state index is 0.0180. The number of Topliss-reactive ketones (excluding diaryl/α,β-unsaturated/α-hetero) is 1. The minimum Gasteiger partial charge on any atom is -0.352 e. The molecule has 3 aromatic rings. The molecular formula is C30H34ClN5O3S. The second-order valence-corrected chi connectivity index (χ2v) is 12.3. The van der Waals surface area contributed by atoms with Crippen LogP contribution in [0.4, 0.5) is 5.69 Å². The van der Waals surface area contributed by atoms with Gasteiger partial charge >= 0.3 is 0 Å². The summed E-state index contributed by atoms with van der Waals surface area (Å²) in [4.78, 5) is 42.2. The third kappa shape index (κ3) is 7.33. The van der Waals surface area contributed by atoms with Crippen molar-refractivity contribution in [2.45, 2.75) is 45.1 Å². The van der Waals surface area contributed by atoms with Crippen molar-refractivity contribution in [3.05, 3.63) is 74.7 Å². The van der Waals surface area contributed by atoms with Crippen LogP contribution in [0.2, 0.25) is 5.02 Å². The van der Waals surface area contributed by atoms with Crippen molar-refractivity contribution in [1.82, 2.24) is 20.4 Å². The number of anilines is 1. The Morgan fingerprint density at radius 3 is 2.35 bits per heavy atom. The van der Waals surface area contributed by atoms with Crippen molar-refractivity contribution in [3.63, 3.8) is 0 Å². The Bertz CT molecular complexity index is 1340. The Morgan fingerprint density at radius 2 is 1.62 bits per heavy atom. The van der Waals surface area contributed by atoms with Gasteiger partial charge < -0.3 is 15.1 Å². The number of aromatic nitrogens is 2. The number of hydrogen-bond donors (Lipinski definition) is 1. The van der Waals surface area contributed by atoms with Gasteiger partial charge in [0.2, 0.25) is 11.8 Å². The molecule has 1 unspecified atom stereocenters. The highest BCUT2D eigenvalue weighted by molar-refractivity contribution is 7.11. The van der Waals surface area contributed by atoms with E-state index in [0.717, 1.165) is 55.0 Å². The fourth-order valence-electron chi connectivity index (χ4n) is 5.23. The Balaban J connectivity index is 1.09. The molecule has 2 aliphatic rings. The van der Waals surface area contributed by atoms with Crippen LogP contribution in [0, 0.1) is 11.8 Å². The van der Waals surface area contributed by atoms with Crippen LogP contribution in [0.5, 0.6) is 0 Å². The lowest BCUT2D eigenvalue weighted by molar-refractivity contribution is -0.126. The van der Waals surface area contributed by atoms with E-state index >= 15 is 0 Å². The number of amides is 2. The van der Waals surface area contributed by atoms with Gasteiger partial charge in [0.25, 0.3) is 0 Å². The minimum atomic E-state index is -0.359. The molecule has 40 heavy (non-hydrogen) atoms. The van der Waals surface area contributed by atoms with Gasteiger partial charge in [-0.2, -0.15) is 0 Å². The average Bonchev–Trinajstić information content (AvgIpc) is 3.58. The summed E-state index contributed by atoms with van der Waals surface area (Å²) in [6, 6.07) is 15.4. The van der Waals surface area contributed by atoms with Gasteiger partial charge in [-0.1, -0.05) is 35.9 Å². The molecule has 10 heteroatoms. The molecule has 2 aliphatic heterocycles. The summed E-state index contributed by atoms with van der Waals surface area (Å²) < 4.78 is 0. The third-order valence-electron chi connectivity index (χ3n) is 7.76. The summed E-state index contributed by atoms with van der Waals surface area (Å²) >= 11 is 7.41. The second kappa shape index (κ2) is 13.0. The average molecular weight is 580 g/mol. The van der Waals surface area contributed by atoms with E-state index in [2.05, 4.69) is 27.5 Å². The summed E-state index contributed by atoms with van der Waals surface area (Å²) in [6.45, 7) is 2.73. The molecule has 0 saturated carbocycles. The van der Waals surface area contributed by atoms with Gasteiger partial charge in [0.05, 0.1) is 6.42 Å². The Kier molecular flexibility index (Phi) is 9.24. The summed E-state index contributed by atoms with van der Waals surface area (Å²) in [5, 5.41) is 13.8. The molecule has 2 fully saturated rings. The molecule has 2 amide bonds. The monoisotopic (exact) mass is 579 g/mol. The molecule has 1 N–H and O–H groups in total. The molecule has 210 valence electrons. The van der Waals surface area contributed by atoms with E-state index in [1.54, 1.807) is 4.90 Å². The standard InChI is InChI=1S/C30H34ClN5O3S/c1-35-14-12-22(13-15-35)30(39)32-18-21-4-9-25(10-5-21)36-19-23(16-29(36)38)26(37)17-28-34-33-27(40-28)11-6-20-2-7-24(31)8-3-20/h2-5,7-10,22-23H,6,11-19H2,1H3,(H,32,39). The van der Waals surface area contributed by atoms with E-state index in [1.165, 1.54) is 16.9 Å². The van der Waals surface area contributed by atoms with Crippen LogP contribution in [-0.2, 0) is 40.2 Å². The van der Waals surface area contributed by atoms with E-state index in [0.29, 0.717) is 23.1 Å². The molecule has 0 spiro atoms. The highest BCUT2D eigenvalue weighted by Gasteiger charge is 2.35. The second-order valence-electron chi connectivity index (χ2n) is 10.7. The number of carbonyl (C=O) groups is 3. The lowest BCUT2D eigenvalue weighted by atomic mass is 9.96. The number of carbonyl (C=O) groups excluding carboxylic acids is 3. The maximum atomic E-state index is 13.0. The summed E-state index contributed by atoms with van der Waals surface area (Å²) in [7, 11) is 2.08. The van der Waals surface area contributed by atoms with Gasteiger partial charge in [0, 0.05) is 48.5 Å². The molecular weight excluding hydrogens is 546 g/mol. The number of nitrogens with one attached hydrogen (secondary N) is 1. The molecule has 8 nitrogen and oxygen atoms in total. The zero-order valence-electron chi connectivity index (χ0n) is 22.6. The van der Waals surface area contributed by atoms with Gasteiger partial charge in [-0.15, -0.1) is 21.5 Å². The Hall–Kier alpha value is -3.14. The lowest BCUT2D eigenvalue weighted by Crippen LogP contribution is -2.38. The highest BCUT2D eigenvalue weighted by atomic mass is 35.5. The number of likely N-dealkylation sites (tertiary alicyclic amines) is 1. The molecule has 0 aliphatic carbocycles. The fraction of sp³-hybridized carbons (Fsp3) is 0.433. The molecule has 1 atom stereocenters. The number of piperidine rings is 1. The van der Waals surface area contributed by atoms with E-state index in [-0.39, 0.29) is 42.3 Å². The van der Waals surface area contributed by atoms with Gasteiger partial charge in [0.15, 0.2) is 0 Å². The first-order valence-electron chi connectivity index (χ1n) is 13.8. The van der Waals surface area contributed by atoms with Gasteiger partial charge in [0.1, 0.15) is 15.8 Å². The van der Waals surface area contributed by atoms with Crippen LogP contribution in [-0.4, -0.2) is 59.4 Å². The van der Waals surface area contributed by atoms with Crippen LogP contribution >= 0.6 is 22.9 Å². The number of nitrogens with zero attached hydrogens (tertiary/aromatic N) is 4. The normalized spacial score (nSPS) is 18.3. The van der Waals surface area contributed by atoms with Gasteiger partial charge in [-0.3, -0.25) is 14.4 Å². The largest absolute Gasteiger partial charge is 0.352 e. The van der Waals surface area contributed by atoms with Crippen molar-refractivity contribution in [2.75, 3.05) is 31.6 Å². The quantitative estimate of drug-likeness (QED) is 0.389. The predicted molar refractivity (Wildman–Crippen MR) is 156 cm³/mol. The van der Waals surface area contributed by atoms with Gasteiger partial charge in [-0.05, 0) is 74.8 Å². The van der Waals surface area contributed by atoms with Crippen LogP contribution in [0.1, 0.15) is 40.4 Å². The van der Waals surface area contributed by atoms with Crippen molar-refractivity contribution in [1.29, 1.82) is 0 Å². The molecule has 5 rings (SSSR count). The van der Waals surface area contributed by atoms with Gasteiger partial charge in [-0.25, -0.2) is 0 Å². The third-order valence-corrected chi connectivity index (χ3v) is 8.99. The number of rotatable bonds is 10. The SMILES string of the molecule is CN1CCC(C(=O)NCc2ccc(N3CC(C(=O)Cc4nnc(CCc5ccc(Cl)cc5)s4)CC3=O)cc2)CC1. The fourth-order valence-corrected chi connectivity index (χ4v) is 6.21. The molecule has 2 saturated heterocycles. The van der Waals surface area contributed by atoms with Crippen LogP contribution in [0.3, 0.4) is 0 Å². The zero-order chi connectivity index (χ0) is 28.1. The topological polar surface area (TPSA) is 95.5 Å². The molecule has 1 aromatic heterocycles. The van der Waals surface area contributed by atoms with Crippen molar-refractivity contribution in [3.8, 4) is 0 Å². The summed E-state index contributed by atoms with van der Waals surface area (Å²) in [6.07, 6.45) is 3.76. The Morgan fingerprint density at radius 1 is 0.950 bits per heavy atom. The number of hydrogen-bond acceptors (Lipinski definition) is 7. The van der Waals surface area contributed by atoms with E-state index in [9.17, 15) is 14.4 Å². The Labute approximate surface area is 243 Å². The highest BCUT2D eigenvalue weighted by Crippen LogP contribution is 2.27. The first-order chi connectivity index (χ1) is 19.3. The maximum absolute atomic E-state index is 13.0. The molecule has 3 heterocycles. The summed E-state index contributed by atoms with van der Waals surface area (Å²) in [5.74, 6) is -0.208. The lowest BCUT2D eigenvalue weighted by Gasteiger charge is -2.28. The van der Waals surface area contributed by atoms with E-state index in [4.69, 9.17) is 11.6 Å². The van der Waals surface area contributed by atoms with Crippen molar-refractivity contribution < 1.29 is 14.4 Å². The first-order valence-corrected chi connectivity index (χ1v) is 15.0. The number of halogens is 1. The number of aryl methyl sites for hydroxylation is 2. The summed E-state index contributed by atoms with van der Waals surface area (Å²) in [5.41, 5.74) is 2.92. The van der Waals surface area contributed by atoms with Crippen LogP contribution in [0.25, 0.3) is 0 Å². The first kappa shape index (κ1) is 28.4. The van der Waals surface area contributed by atoms with E-state index in [1.807, 2.05) is 48.5 Å². The zero-order valence-corrected chi connectivity index (χ0v) is 24.2. The number of benzene rings is 2. The number of ketones is 1. The van der Waals surface area contributed by atoms with Crippen molar-refractivity contribution in [2.24, 2.45) is 11.8 Å². The molecule has 2 aromatic carbocycles. The van der Waals surface area contributed by atoms with Crippen LogP contribution in [0.15, 0.2) is 48.5 Å². The van der Waals surface area contributed by atoms with Crippen molar-refractivity contribution >= 4 is 46.2 Å². The predicted octanol–water partition coefficient (Wildman–Crippen LogP) is 4.10. The van der Waals surface area contributed by atoms with Crippen LogP contribution < -0.4 is 10.2 Å². The van der Waals surface area contributed by atoms with E-state index < -0.39 is 0 Å². The molecule has 0 bridgehead atoms. The maximum Gasteiger partial charge on any atom is 0.227 e. The smallest absolute Gasteiger partial charge is 0.227 e. The molecule has 0 radical (unpaired) electrons.